The van der Waals surface area contributed by atoms with Crippen LogP contribution in [0.5, 0.6) is 0 Å². The Hall–Kier alpha value is -0.715. The molecule has 1 aliphatic carbocycles. The summed E-state index contributed by atoms with van der Waals surface area (Å²) in [5.74, 6) is 1.39. The van der Waals surface area contributed by atoms with Crippen LogP contribution in [0.25, 0.3) is 0 Å². The van der Waals surface area contributed by atoms with Crippen LogP contribution in [-0.2, 0) is 0 Å². The highest BCUT2D eigenvalue weighted by atomic mass is 14.3. The van der Waals surface area contributed by atoms with E-state index >= 15 is 0 Å². The van der Waals surface area contributed by atoms with E-state index in [-0.39, 0.29) is 0 Å². The molecule has 0 saturated carbocycles. The van der Waals surface area contributed by atoms with Crippen molar-refractivity contribution < 1.29 is 0 Å². The predicted molar refractivity (Wildman–Crippen MR) is 67.3 cm³/mol. The smallest absolute Gasteiger partial charge is 0.0985 e. The summed E-state index contributed by atoms with van der Waals surface area (Å²) in [5, 5.41) is 0.361. The first-order chi connectivity index (χ1) is 6.45. The molecule has 76 valence electrons. The molecule has 0 fully saturated rings. The van der Waals surface area contributed by atoms with E-state index in [2.05, 4.69) is 53.4 Å². The maximum absolute atomic E-state index is 3.82. The molecule has 1 aliphatic rings. The molecule has 0 aromatic carbocycles. The third-order valence-electron chi connectivity index (χ3n) is 3.07. The molecule has 2 atom stereocenters. The Morgan fingerprint density at radius 2 is 2.21 bits per heavy atom. The van der Waals surface area contributed by atoms with E-state index in [1.165, 1.54) is 5.57 Å². The quantitative estimate of drug-likeness (QED) is 0.584. The Kier molecular flexibility index (Phi) is 3.41. The highest BCUT2D eigenvalue weighted by Crippen LogP contribution is 2.40. The first kappa shape index (κ1) is 11.4. The van der Waals surface area contributed by atoms with E-state index in [4.69, 9.17) is 0 Å². The average Bonchev–Trinajstić information content (AvgIpc) is 2.25. The fourth-order valence-corrected chi connectivity index (χ4v) is 2.23. The Morgan fingerprint density at radius 3 is 2.71 bits per heavy atom. The summed E-state index contributed by atoms with van der Waals surface area (Å²) in [6.45, 7) is 10.8. The molecular weight excluding hydrogens is 167 g/mol. The standard InChI is InChI=1S/C13H21B/c1-5-11-7-6-10(2)12(9-8-11)13(3,4)14/h5,7-10,12H,1,6,14H2,2-4H3/t10-,12?/m1/s1. The Balaban J connectivity index is 2.88. The third-order valence-corrected chi connectivity index (χ3v) is 3.07. The monoisotopic (exact) mass is 188 g/mol. The number of allylic oxidation sites excluding steroid dienone is 5. The van der Waals surface area contributed by atoms with E-state index in [0.717, 1.165) is 12.3 Å². The summed E-state index contributed by atoms with van der Waals surface area (Å²) >= 11 is 0. The molecule has 14 heavy (non-hydrogen) atoms. The number of hydrogen-bond donors (Lipinski definition) is 0. The molecular formula is C13H21B. The molecule has 0 aromatic heterocycles. The van der Waals surface area contributed by atoms with Gasteiger partial charge in [0.1, 0.15) is 7.85 Å². The minimum atomic E-state index is 0.361. The van der Waals surface area contributed by atoms with Crippen molar-refractivity contribution in [3.63, 3.8) is 0 Å². The minimum absolute atomic E-state index is 0.361. The average molecular weight is 188 g/mol. The van der Waals surface area contributed by atoms with Crippen molar-refractivity contribution >= 4 is 7.85 Å². The summed E-state index contributed by atoms with van der Waals surface area (Å²) < 4.78 is 0. The van der Waals surface area contributed by atoms with Crippen molar-refractivity contribution in [3.8, 4) is 0 Å². The lowest BCUT2D eigenvalue weighted by molar-refractivity contribution is 0.353. The molecule has 0 aromatic rings. The second-order valence-corrected chi connectivity index (χ2v) is 5.37. The van der Waals surface area contributed by atoms with Gasteiger partial charge in [0.15, 0.2) is 0 Å². The van der Waals surface area contributed by atoms with Crippen molar-refractivity contribution in [2.45, 2.75) is 32.5 Å². The molecule has 1 rings (SSSR count). The predicted octanol–water partition coefficient (Wildman–Crippen LogP) is 3.14. The van der Waals surface area contributed by atoms with Gasteiger partial charge in [0, 0.05) is 0 Å². The molecule has 1 unspecified atom stereocenters. The minimum Gasteiger partial charge on any atom is -0.0985 e. The van der Waals surface area contributed by atoms with Crippen LogP contribution in [0.2, 0.25) is 5.31 Å². The molecule has 0 bridgehead atoms. The van der Waals surface area contributed by atoms with E-state index in [0.29, 0.717) is 11.2 Å². The maximum atomic E-state index is 3.82. The molecule has 0 aliphatic heterocycles. The van der Waals surface area contributed by atoms with Gasteiger partial charge in [0.25, 0.3) is 0 Å². The van der Waals surface area contributed by atoms with Crippen LogP contribution in [0.3, 0.4) is 0 Å². The summed E-state index contributed by atoms with van der Waals surface area (Å²) in [5.41, 5.74) is 1.27. The molecule has 0 saturated heterocycles. The molecule has 0 spiro atoms. The normalized spacial score (nSPS) is 28.1. The van der Waals surface area contributed by atoms with Crippen LogP contribution in [0.15, 0.2) is 36.5 Å². The fraction of sp³-hybridized carbons (Fsp3) is 0.538. The van der Waals surface area contributed by atoms with Gasteiger partial charge < -0.3 is 0 Å². The van der Waals surface area contributed by atoms with Crippen LogP contribution in [0.1, 0.15) is 27.2 Å². The van der Waals surface area contributed by atoms with Crippen molar-refractivity contribution in [1.29, 1.82) is 0 Å². The Bertz CT molecular complexity index is 265. The first-order valence-corrected chi connectivity index (χ1v) is 5.46. The van der Waals surface area contributed by atoms with Gasteiger partial charge in [-0.1, -0.05) is 57.0 Å². The second kappa shape index (κ2) is 4.21. The summed E-state index contributed by atoms with van der Waals surface area (Å²) in [6, 6.07) is 0. The maximum Gasteiger partial charge on any atom is 0.109 e. The van der Waals surface area contributed by atoms with Gasteiger partial charge in [-0.3, -0.25) is 0 Å². The van der Waals surface area contributed by atoms with Gasteiger partial charge in [-0.15, -0.1) is 0 Å². The van der Waals surface area contributed by atoms with Crippen LogP contribution in [0, 0.1) is 11.8 Å². The van der Waals surface area contributed by atoms with E-state index < -0.39 is 0 Å². The van der Waals surface area contributed by atoms with Gasteiger partial charge in [-0.05, 0) is 23.8 Å². The van der Waals surface area contributed by atoms with E-state index in [9.17, 15) is 0 Å². The lowest BCUT2D eigenvalue weighted by atomic mass is 9.60. The second-order valence-electron chi connectivity index (χ2n) is 5.37. The van der Waals surface area contributed by atoms with Gasteiger partial charge in [0.05, 0.1) is 0 Å². The van der Waals surface area contributed by atoms with Crippen LogP contribution in [0.4, 0.5) is 0 Å². The van der Waals surface area contributed by atoms with Gasteiger partial charge in [-0.2, -0.15) is 0 Å². The molecule has 1 heteroatoms. The number of hydrogen-bond acceptors (Lipinski definition) is 0. The Labute approximate surface area is 89.2 Å². The lowest BCUT2D eigenvalue weighted by Crippen LogP contribution is -2.21. The van der Waals surface area contributed by atoms with Crippen LogP contribution in [-0.4, -0.2) is 7.85 Å². The zero-order valence-corrected chi connectivity index (χ0v) is 9.88. The van der Waals surface area contributed by atoms with E-state index in [1.807, 2.05) is 6.08 Å². The zero-order valence-electron chi connectivity index (χ0n) is 9.88. The SMILES string of the molecule is BC(C)(C)C1C=CC(C=C)=CC[C@H]1C. The lowest BCUT2D eigenvalue weighted by Gasteiger charge is -2.32. The highest BCUT2D eigenvalue weighted by molar-refractivity contribution is 6.15. The largest absolute Gasteiger partial charge is 0.109 e. The van der Waals surface area contributed by atoms with Gasteiger partial charge in [-0.25, -0.2) is 0 Å². The van der Waals surface area contributed by atoms with Gasteiger partial charge in [0.2, 0.25) is 0 Å². The molecule has 0 nitrogen and oxygen atoms in total. The summed E-state index contributed by atoms with van der Waals surface area (Å²) in [6.07, 6.45) is 9.96. The Morgan fingerprint density at radius 1 is 1.57 bits per heavy atom. The number of rotatable bonds is 2. The van der Waals surface area contributed by atoms with Crippen molar-refractivity contribution in [2.24, 2.45) is 11.8 Å². The van der Waals surface area contributed by atoms with Crippen LogP contribution < -0.4 is 0 Å². The van der Waals surface area contributed by atoms with Crippen molar-refractivity contribution in [3.05, 3.63) is 36.5 Å². The molecule has 0 radical (unpaired) electrons. The third kappa shape index (κ3) is 2.63. The molecule has 0 N–H and O–H groups in total. The van der Waals surface area contributed by atoms with Gasteiger partial charge >= 0.3 is 0 Å². The van der Waals surface area contributed by atoms with Crippen LogP contribution >= 0.6 is 0 Å². The van der Waals surface area contributed by atoms with Crippen molar-refractivity contribution in [2.75, 3.05) is 0 Å². The zero-order chi connectivity index (χ0) is 10.8. The van der Waals surface area contributed by atoms with E-state index in [1.54, 1.807) is 0 Å². The van der Waals surface area contributed by atoms with Crippen molar-refractivity contribution in [1.82, 2.24) is 0 Å². The highest BCUT2D eigenvalue weighted by Gasteiger charge is 2.27. The first-order valence-electron chi connectivity index (χ1n) is 5.46. The fourth-order valence-electron chi connectivity index (χ4n) is 2.23. The summed E-state index contributed by atoms with van der Waals surface area (Å²) in [4.78, 5) is 0. The molecule has 0 heterocycles. The molecule has 0 amide bonds. The topological polar surface area (TPSA) is 0 Å². The summed E-state index contributed by atoms with van der Waals surface area (Å²) in [7, 11) is 2.32.